The Morgan fingerprint density at radius 1 is 1.28 bits per heavy atom. The fraction of sp³-hybridized carbons (Fsp3) is 0.429. The molecule has 1 amide bonds. The van der Waals surface area contributed by atoms with Gasteiger partial charge in [-0.1, -0.05) is 42.5 Å². The minimum absolute atomic E-state index is 0.0781. The Labute approximate surface area is 185 Å². The number of piperidine rings is 1. The van der Waals surface area contributed by atoms with E-state index in [0.29, 0.717) is 24.6 Å². The summed E-state index contributed by atoms with van der Waals surface area (Å²) in [6, 6.07) is 10.1. The number of benzene rings is 1. The number of carbonyl (C=O) groups is 1. The summed E-state index contributed by atoms with van der Waals surface area (Å²) in [6.45, 7) is 4.58. The van der Waals surface area contributed by atoms with Gasteiger partial charge in [-0.25, -0.2) is 10.1 Å². The molecule has 3 N–H and O–H groups in total. The zero-order chi connectivity index (χ0) is 22.3. The summed E-state index contributed by atoms with van der Waals surface area (Å²) in [6.07, 6.45) is 5.43. The number of rotatable bonds is 8. The zero-order valence-corrected chi connectivity index (χ0v) is 18.0. The van der Waals surface area contributed by atoms with Gasteiger partial charge in [0.15, 0.2) is 5.69 Å². The van der Waals surface area contributed by atoms with Crippen LogP contribution in [0.5, 0.6) is 0 Å². The largest absolute Gasteiger partial charge is 0.378 e. The Morgan fingerprint density at radius 2 is 2.06 bits per heavy atom. The van der Waals surface area contributed by atoms with Crippen LogP contribution >= 0.6 is 0 Å². The van der Waals surface area contributed by atoms with Gasteiger partial charge in [-0.3, -0.25) is 9.69 Å². The quantitative estimate of drug-likeness (QED) is 0.402. The fourth-order valence-electron chi connectivity index (χ4n) is 3.66. The van der Waals surface area contributed by atoms with E-state index in [2.05, 4.69) is 55.1 Å². The van der Waals surface area contributed by atoms with Gasteiger partial charge in [0.05, 0.1) is 5.69 Å². The minimum Gasteiger partial charge on any atom is -0.378 e. The third kappa shape index (κ3) is 5.17. The van der Waals surface area contributed by atoms with Crippen molar-refractivity contribution in [2.24, 2.45) is 11.0 Å². The normalized spacial score (nSPS) is 15.4. The molecule has 0 aliphatic carbocycles. The molecule has 0 atom stereocenters. The summed E-state index contributed by atoms with van der Waals surface area (Å²) in [5.74, 6) is 0.540. The number of nitrogens with two attached hydrogens (primary N) is 1. The van der Waals surface area contributed by atoms with Crippen molar-refractivity contribution >= 4 is 17.9 Å². The molecule has 1 aliphatic rings. The van der Waals surface area contributed by atoms with Crippen molar-refractivity contribution in [3.05, 3.63) is 47.3 Å². The predicted molar refractivity (Wildman–Crippen MR) is 118 cm³/mol. The lowest BCUT2D eigenvalue weighted by Crippen LogP contribution is -2.34. The number of hydrazone groups is 1. The van der Waals surface area contributed by atoms with Gasteiger partial charge >= 0.3 is 0 Å². The molecule has 3 aromatic rings. The van der Waals surface area contributed by atoms with Crippen molar-refractivity contribution in [3.63, 3.8) is 0 Å². The van der Waals surface area contributed by atoms with Crippen LogP contribution in [-0.4, -0.2) is 55.4 Å². The SMILES string of the molecule is CC1CCN(Cc2c(C(=O)N/N=C/CCc3ccccc3)nnn2-c2nonc2N)CC1. The third-order valence-corrected chi connectivity index (χ3v) is 5.59. The molecule has 11 nitrogen and oxygen atoms in total. The lowest BCUT2D eigenvalue weighted by molar-refractivity contribution is 0.0946. The molecule has 11 heteroatoms. The third-order valence-electron chi connectivity index (χ3n) is 5.59. The smallest absolute Gasteiger partial charge is 0.293 e. The first-order valence-corrected chi connectivity index (χ1v) is 10.7. The molecule has 0 spiro atoms. The second-order valence-corrected chi connectivity index (χ2v) is 8.01. The van der Waals surface area contributed by atoms with Crippen molar-refractivity contribution in [1.82, 2.24) is 35.6 Å². The molecular formula is C21H27N9O2. The maximum absolute atomic E-state index is 12.8. The Morgan fingerprint density at radius 3 is 2.78 bits per heavy atom. The van der Waals surface area contributed by atoms with Gasteiger partial charge in [-0.2, -0.15) is 9.78 Å². The van der Waals surface area contributed by atoms with Crippen LogP contribution in [0.4, 0.5) is 5.82 Å². The van der Waals surface area contributed by atoms with Gasteiger partial charge in [0.2, 0.25) is 11.6 Å². The molecule has 0 unspecified atom stereocenters. The van der Waals surface area contributed by atoms with E-state index < -0.39 is 5.91 Å². The zero-order valence-electron chi connectivity index (χ0n) is 18.0. The monoisotopic (exact) mass is 437 g/mol. The van der Waals surface area contributed by atoms with Crippen LogP contribution in [0.15, 0.2) is 40.1 Å². The van der Waals surface area contributed by atoms with E-state index in [1.807, 2.05) is 18.2 Å². The maximum atomic E-state index is 12.8. The van der Waals surface area contributed by atoms with Crippen molar-refractivity contribution in [3.8, 4) is 5.82 Å². The van der Waals surface area contributed by atoms with Crippen LogP contribution in [-0.2, 0) is 13.0 Å². The Balaban J connectivity index is 1.45. The number of likely N-dealkylation sites (tertiary alicyclic amines) is 1. The number of aryl methyl sites for hydroxylation is 1. The van der Waals surface area contributed by atoms with Crippen molar-refractivity contribution < 1.29 is 9.42 Å². The van der Waals surface area contributed by atoms with Crippen molar-refractivity contribution in [2.75, 3.05) is 18.8 Å². The maximum Gasteiger partial charge on any atom is 0.293 e. The standard InChI is InChI=1S/C21H27N9O2/c1-15-9-12-29(13-10-15)14-17-18(24-28-30(17)20-19(22)26-32-27-20)21(31)25-23-11-5-8-16-6-3-2-4-7-16/h2-4,6-7,11,15H,5,8-10,12-14H2,1H3,(H2,22,26)(H,25,31)/b23-11+. The van der Waals surface area contributed by atoms with Crippen LogP contribution in [0, 0.1) is 5.92 Å². The Kier molecular flexibility index (Phi) is 6.85. The highest BCUT2D eigenvalue weighted by atomic mass is 16.6. The molecule has 1 fully saturated rings. The summed E-state index contributed by atoms with van der Waals surface area (Å²) < 4.78 is 6.12. The van der Waals surface area contributed by atoms with Gasteiger partial charge in [0.1, 0.15) is 0 Å². The number of nitrogens with zero attached hydrogens (tertiary/aromatic N) is 7. The summed E-state index contributed by atoms with van der Waals surface area (Å²) in [7, 11) is 0. The molecule has 3 heterocycles. The van der Waals surface area contributed by atoms with Crippen LogP contribution in [0.1, 0.15) is 47.9 Å². The number of hydrogen-bond acceptors (Lipinski definition) is 9. The number of aromatic nitrogens is 5. The summed E-state index contributed by atoms with van der Waals surface area (Å²) >= 11 is 0. The highest BCUT2D eigenvalue weighted by Gasteiger charge is 2.26. The number of nitrogen functional groups attached to an aromatic ring is 1. The van der Waals surface area contributed by atoms with Crippen LogP contribution in [0.25, 0.3) is 5.82 Å². The predicted octanol–water partition coefficient (Wildman–Crippen LogP) is 1.81. The van der Waals surface area contributed by atoms with Gasteiger partial charge in [0.25, 0.3) is 5.91 Å². The number of nitrogens with one attached hydrogen (secondary N) is 1. The van der Waals surface area contributed by atoms with E-state index in [0.717, 1.165) is 32.4 Å². The molecule has 0 bridgehead atoms. The number of hydrogen-bond donors (Lipinski definition) is 2. The minimum atomic E-state index is -0.442. The van der Waals surface area contributed by atoms with E-state index in [4.69, 9.17) is 10.4 Å². The highest BCUT2D eigenvalue weighted by molar-refractivity contribution is 5.93. The number of anilines is 1. The van der Waals surface area contributed by atoms with E-state index in [9.17, 15) is 4.79 Å². The van der Waals surface area contributed by atoms with Crippen LogP contribution < -0.4 is 11.2 Å². The average Bonchev–Trinajstić information content (AvgIpc) is 3.41. The molecule has 1 aliphatic heterocycles. The molecule has 2 aromatic heterocycles. The van der Waals surface area contributed by atoms with Gasteiger partial charge in [-0.05, 0) is 60.6 Å². The van der Waals surface area contributed by atoms with Gasteiger partial charge < -0.3 is 5.73 Å². The second-order valence-electron chi connectivity index (χ2n) is 8.01. The van der Waals surface area contributed by atoms with Crippen LogP contribution in [0.3, 0.4) is 0 Å². The van der Waals surface area contributed by atoms with E-state index in [1.165, 1.54) is 10.2 Å². The fourth-order valence-corrected chi connectivity index (χ4v) is 3.66. The average molecular weight is 438 g/mol. The van der Waals surface area contributed by atoms with E-state index >= 15 is 0 Å². The van der Waals surface area contributed by atoms with Crippen molar-refractivity contribution in [2.45, 2.75) is 39.2 Å². The molecule has 4 rings (SSSR count). The Hall–Kier alpha value is -3.60. The first kappa shape index (κ1) is 21.6. The number of carbonyl (C=O) groups excluding carboxylic acids is 1. The van der Waals surface area contributed by atoms with E-state index in [1.54, 1.807) is 6.21 Å². The molecule has 0 radical (unpaired) electrons. The second kappa shape index (κ2) is 10.1. The first-order valence-electron chi connectivity index (χ1n) is 10.7. The molecule has 32 heavy (non-hydrogen) atoms. The summed E-state index contributed by atoms with van der Waals surface area (Å²) in [5.41, 5.74) is 10.3. The highest BCUT2D eigenvalue weighted by Crippen LogP contribution is 2.21. The first-order chi connectivity index (χ1) is 15.6. The van der Waals surface area contributed by atoms with E-state index in [-0.39, 0.29) is 17.3 Å². The van der Waals surface area contributed by atoms with Gasteiger partial charge in [-0.15, -0.1) is 5.10 Å². The number of amides is 1. The van der Waals surface area contributed by atoms with Gasteiger partial charge in [0, 0.05) is 12.8 Å². The molecule has 168 valence electrons. The molecule has 0 saturated carbocycles. The topological polar surface area (TPSA) is 140 Å². The molecule has 1 aromatic carbocycles. The molecular weight excluding hydrogens is 410 g/mol. The van der Waals surface area contributed by atoms with Crippen molar-refractivity contribution in [1.29, 1.82) is 0 Å². The molecule has 1 saturated heterocycles. The summed E-state index contributed by atoms with van der Waals surface area (Å²) in [5, 5.41) is 19.6. The lowest BCUT2D eigenvalue weighted by atomic mass is 9.99. The van der Waals surface area contributed by atoms with Crippen LogP contribution in [0.2, 0.25) is 0 Å². The summed E-state index contributed by atoms with van der Waals surface area (Å²) in [4.78, 5) is 15.1. The Bertz CT molecular complexity index is 1050. The lowest BCUT2D eigenvalue weighted by Gasteiger charge is -2.30.